The van der Waals surface area contributed by atoms with E-state index in [9.17, 15) is 4.79 Å². The lowest BCUT2D eigenvalue weighted by molar-refractivity contribution is -0.149. The first-order valence-corrected chi connectivity index (χ1v) is 9.68. The molecule has 0 aromatic carbocycles. The van der Waals surface area contributed by atoms with Crippen molar-refractivity contribution in [2.75, 3.05) is 7.11 Å². The van der Waals surface area contributed by atoms with Gasteiger partial charge >= 0.3 is 0 Å². The Balaban J connectivity index is 1.57. The second-order valence-electron chi connectivity index (χ2n) is 8.92. The van der Waals surface area contributed by atoms with E-state index in [-0.39, 0.29) is 0 Å². The van der Waals surface area contributed by atoms with Crippen LogP contribution in [0.4, 0.5) is 0 Å². The predicted octanol–water partition coefficient (Wildman–Crippen LogP) is 4.61. The molecule has 0 aromatic rings. The van der Waals surface area contributed by atoms with Gasteiger partial charge in [0.1, 0.15) is 5.78 Å². The van der Waals surface area contributed by atoms with Crippen molar-refractivity contribution < 1.29 is 9.53 Å². The Labute approximate surface area is 135 Å². The topological polar surface area (TPSA) is 26.3 Å². The Hall–Kier alpha value is -0.370. The standard InChI is InChI=1S/C20H32O2/c1-20-11-10-16-15-9-7-14(21)12-13(15)6-8-17(16)18(20)4-3-5-19(20)22-2/h13,15-19H,3-12H2,1-2H3/t13-,15+,16-,17-,18+,19+,20+/m1/s1. The van der Waals surface area contributed by atoms with Gasteiger partial charge in [-0.2, -0.15) is 0 Å². The molecule has 4 aliphatic carbocycles. The van der Waals surface area contributed by atoms with Crippen molar-refractivity contribution >= 4 is 5.78 Å². The van der Waals surface area contributed by atoms with Gasteiger partial charge in [0.15, 0.2) is 0 Å². The van der Waals surface area contributed by atoms with E-state index in [0.717, 1.165) is 42.4 Å². The summed E-state index contributed by atoms with van der Waals surface area (Å²) >= 11 is 0. The number of carbonyl (C=O) groups excluding carboxylic acids is 1. The molecule has 0 heterocycles. The molecule has 2 heteroatoms. The lowest BCUT2D eigenvalue weighted by Crippen LogP contribution is -2.54. The molecule has 0 radical (unpaired) electrons. The lowest BCUT2D eigenvalue weighted by atomic mass is 9.47. The van der Waals surface area contributed by atoms with Gasteiger partial charge in [-0.3, -0.25) is 4.79 Å². The fourth-order valence-electron chi connectivity index (χ4n) is 7.19. The van der Waals surface area contributed by atoms with Crippen LogP contribution in [0.5, 0.6) is 0 Å². The maximum absolute atomic E-state index is 11.8. The molecule has 4 aliphatic rings. The molecule has 0 aliphatic heterocycles. The first kappa shape index (κ1) is 15.2. The van der Waals surface area contributed by atoms with E-state index in [2.05, 4.69) is 6.92 Å². The Morgan fingerprint density at radius 1 is 1.00 bits per heavy atom. The van der Waals surface area contributed by atoms with Crippen LogP contribution in [-0.4, -0.2) is 19.0 Å². The summed E-state index contributed by atoms with van der Waals surface area (Å²) in [6.07, 6.45) is 13.0. The highest BCUT2D eigenvalue weighted by atomic mass is 16.5. The van der Waals surface area contributed by atoms with Gasteiger partial charge in [-0.1, -0.05) is 13.3 Å². The van der Waals surface area contributed by atoms with Crippen LogP contribution in [0.25, 0.3) is 0 Å². The summed E-state index contributed by atoms with van der Waals surface area (Å²) in [4.78, 5) is 11.8. The molecular formula is C20H32O2. The number of rotatable bonds is 1. The van der Waals surface area contributed by atoms with Crippen molar-refractivity contribution in [3.05, 3.63) is 0 Å². The number of Topliss-reactive ketones (excluding diaryl/α,β-unsaturated/α-hetero) is 1. The molecule has 124 valence electrons. The number of ketones is 1. The lowest BCUT2D eigenvalue weighted by Gasteiger charge is -2.59. The van der Waals surface area contributed by atoms with E-state index < -0.39 is 0 Å². The highest BCUT2D eigenvalue weighted by Crippen LogP contribution is 2.61. The first-order chi connectivity index (χ1) is 10.6. The van der Waals surface area contributed by atoms with Crippen molar-refractivity contribution in [2.24, 2.45) is 35.0 Å². The van der Waals surface area contributed by atoms with Gasteiger partial charge in [0, 0.05) is 20.0 Å². The molecule has 0 bridgehead atoms. The SMILES string of the molecule is CO[C@H]1CCC[C@H]2[C@@H]3CC[C@@H]4CC(=O)CC[C@@H]4[C@H]3CC[C@]12C. The van der Waals surface area contributed by atoms with E-state index >= 15 is 0 Å². The fourth-order valence-corrected chi connectivity index (χ4v) is 7.19. The Kier molecular flexibility index (Phi) is 3.87. The molecule has 7 atom stereocenters. The van der Waals surface area contributed by atoms with Gasteiger partial charge in [-0.25, -0.2) is 0 Å². The van der Waals surface area contributed by atoms with Gasteiger partial charge in [0.25, 0.3) is 0 Å². The molecule has 22 heavy (non-hydrogen) atoms. The minimum atomic E-state index is 0.422. The van der Waals surface area contributed by atoms with Gasteiger partial charge in [-0.05, 0) is 80.0 Å². The van der Waals surface area contributed by atoms with Crippen molar-refractivity contribution in [1.82, 2.24) is 0 Å². The minimum absolute atomic E-state index is 0.422. The van der Waals surface area contributed by atoms with Crippen molar-refractivity contribution in [1.29, 1.82) is 0 Å². The maximum atomic E-state index is 11.8. The zero-order valence-electron chi connectivity index (χ0n) is 14.4. The molecule has 4 rings (SSSR count). The summed E-state index contributed by atoms with van der Waals surface area (Å²) in [5.74, 6) is 4.85. The third-order valence-electron chi connectivity index (χ3n) is 8.20. The molecule has 4 fully saturated rings. The number of hydrogen-bond donors (Lipinski definition) is 0. The normalized spacial score (nSPS) is 51.6. The van der Waals surface area contributed by atoms with E-state index in [1.165, 1.54) is 51.4 Å². The number of ether oxygens (including phenoxy) is 1. The fraction of sp³-hybridized carbons (Fsp3) is 0.950. The average Bonchev–Trinajstić information content (AvgIpc) is 2.53. The zero-order chi connectivity index (χ0) is 15.3. The second kappa shape index (κ2) is 5.61. The number of hydrogen-bond acceptors (Lipinski definition) is 2. The van der Waals surface area contributed by atoms with Crippen LogP contribution < -0.4 is 0 Å². The van der Waals surface area contributed by atoms with Crippen molar-refractivity contribution in [3.63, 3.8) is 0 Å². The first-order valence-electron chi connectivity index (χ1n) is 9.68. The van der Waals surface area contributed by atoms with Crippen LogP contribution in [0.2, 0.25) is 0 Å². The highest BCUT2D eigenvalue weighted by molar-refractivity contribution is 5.79. The zero-order valence-corrected chi connectivity index (χ0v) is 14.4. The van der Waals surface area contributed by atoms with Crippen LogP contribution in [0.1, 0.15) is 71.1 Å². The molecule has 0 unspecified atom stereocenters. The number of fused-ring (bicyclic) bond motifs is 5. The van der Waals surface area contributed by atoms with Crippen LogP contribution in [0.3, 0.4) is 0 Å². The van der Waals surface area contributed by atoms with Crippen LogP contribution in [0, 0.1) is 35.0 Å². The third-order valence-corrected chi connectivity index (χ3v) is 8.20. The summed E-state index contributed by atoms with van der Waals surface area (Å²) in [6, 6.07) is 0. The molecule has 0 aromatic heterocycles. The largest absolute Gasteiger partial charge is 0.381 e. The van der Waals surface area contributed by atoms with Crippen LogP contribution in [0.15, 0.2) is 0 Å². The summed E-state index contributed by atoms with van der Waals surface area (Å²) in [6.45, 7) is 2.53. The highest BCUT2D eigenvalue weighted by Gasteiger charge is 2.55. The molecular weight excluding hydrogens is 272 g/mol. The van der Waals surface area contributed by atoms with Gasteiger partial charge in [-0.15, -0.1) is 0 Å². The van der Waals surface area contributed by atoms with Crippen LogP contribution in [-0.2, 0) is 9.53 Å². The molecule has 0 N–H and O–H groups in total. The van der Waals surface area contributed by atoms with E-state index in [4.69, 9.17) is 4.74 Å². The summed E-state index contributed by atoms with van der Waals surface area (Å²) in [5.41, 5.74) is 0.422. The summed E-state index contributed by atoms with van der Waals surface area (Å²) in [7, 11) is 1.92. The molecule has 0 amide bonds. The van der Waals surface area contributed by atoms with Crippen LogP contribution >= 0.6 is 0 Å². The molecule has 2 nitrogen and oxygen atoms in total. The van der Waals surface area contributed by atoms with Gasteiger partial charge in [0.05, 0.1) is 6.10 Å². The Bertz CT molecular complexity index is 445. The Morgan fingerprint density at radius 3 is 2.68 bits per heavy atom. The monoisotopic (exact) mass is 304 g/mol. The van der Waals surface area contributed by atoms with Crippen molar-refractivity contribution in [3.8, 4) is 0 Å². The van der Waals surface area contributed by atoms with Gasteiger partial charge < -0.3 is 4.74 Å². The summed E-state index contributed by atoms with van der Waals surface area (Å²) < 4.78 is 5.92. The molecule has 0 spiro atoms. The van der Waals surface area contributed by atoms with E-state index in [1.807, 2.05) is 7.11 Å². The molecule has 0 saturated heterocycles. The Morgan fingerprint density at radius 2 is 1.86 bits per heavy atom. The quantitative estimate of drug-likeness (QED) is 0.707. The van der Waals surface area contributed by atoms with E-state index in [0.29, 0.717) is 17.3 Å². The number of methoxy groups -OCH3 is 1. The molecule has 4 saturated carbocycles. The van der Waals surface area contributed by atoms with E-state index in [1.54, 1.807) is 0 Å². The predicted molar refractivity (Wildman–Crippen MR) is 87.5 cm³/mol. The van der Waals surface area contributed by atoms with Gasteiger partial charge in [0.2, 0.25) is 0 Å². The average molecular weight is 304 g/mol. The summed E-state index contributed by atoms with van der Waals surface area (Å²) in [5, 5.41) is 0. The minimum Gasteiger partial charge on any atom is -0.381 e. The second-order valence-corrected chi connectivity index (χ2v) is 8.92. The van der Waals surface area contributed by atoms with Crippen molar-refractivity contribution in [2.45, 2.75) is 77.2 Å². The maximum Gasteiger partial charge on any atom is 0.133 e. The smallest absolute Gasteiger partial charge is 0.133 e. The number of carbonyl (C=O) groups is 1. The third kappa shape index (κ3) is 2.20.